The summed E-state index contributed by atoms with van der Waals surface area (Å²) < 4.78 is 0. The van der Waals surface area contributed by atoms with Crippen LogP contribution in [0.2, 0.25) is 0 Å². The van der Waals surface area contributed by atoms with Crippen LogP contribution in [-0.4, -0.2) is 11.0 Å². The first-order valence-corrected chi connectivity index (χ1v) is 5.32. The van der Waals surface area contributed by atoms with Crippen LogP contribution in [0.5, 0.6) is 0 Å². The van der Waals surface area contributed by atoms with Gasteiger partial charge in [-0.05, 0) is 24.5 Å². The highest BCUT2D eigenvalue weighted by atomic mass is 32.1. The Morgan fingerprint density at radius 2 is 2.29 bits per heavy atom. The van der Waals surface area contributed by atoms with Gasteiger partial charge in [-0.15, -0.1) is 0 Å². The summed E-state index contributed by atoms with van der Waals surface area (Å²) in [5, 5.41) is 0.168. The molecule has 1 heterocycles. The molecular weight excluding hydrogens is 192 g/mol. The molecule has 1 aliphatic carbocycles. The second-order valence-electron chi connectivity index (χ2n) is 3.65. The number of nitrogens with two attached hydrogens (primary N) is 1. The summed E-state index contributed by atoms with van der Waals surface area (Å²) in [5.41, 5.74) is 6.83. The Hall–Kier alpha value is -0.800. The fraction of sp³-hybridized carbons (Fsp3) is 0.364. The van der Waals surface area contributed by atoms with E-state index in [9.17, 15) is 0 Å². The molecule has 3 atom stereocenters. The van der Waals surface area contributed by atoms with Gasteiger partial charge in [0.05, 0.1) is 10.9 Å². The Kier molecular flexibility index (Phi) is 2.89. The summed E-state index contributed by atoms with van der Waals surface area (Å²) in [6.45, 7) is 0. The van der Waals surface area contributed by atoms with Crippen molar-refractivity contribution in [2.24, 2.45) is 11.7 Å². The number of rotatable bonds is 2. The monoisotopic (exact) mass is 206 g/mol. The molecule has 1 unspecified atom stereocenters. The molecule has 0 aromatic carbocycles. The van der Waals surface area contributed by atoms with Gasteiger partial charge in [0.1, 0.15) is 0 Å². The standard InChI is InChI=1S/C11H14N2S/c12-9-5-4-8(7-9)11(14)10-3-1-2-6-13-10/h1-6,8-9,11,14H,7,12H2/t8-,9+,11?/m0/s1. The number of pyridine rings is 1. The second kappa shape index (κ2) is 4.15. The van der Waals surface area contributed by atoms with Crippen LogP contribution in [0.15, 0.2) is 36.5 Å². The van der Waals surface area contributed by atoms with Crippen molar-refractivity contribution in [2.45, 2.75) is 17.7 Å². The molecule has 0 radical (unpaired) electrons. The molecule has 2 nitrogen and oxygen atoms in total. The van der Waals surface area contributed by atoms with E-state index in [2.05, 4.69) is 29.8 Å². The first-order chi connectivity index (χ1) is 6.77. The zero-order valence-electron chi connectivity index (χ0n) is 7.88. The van der Waals surface area contributed by atoms with Crippen molar-refractivity contribution >= 4 is 12.6 Å². The molecule has 3 heteroatoms. The molecule has 14 heavy (non-hydrogen) atoms. The molecule has 0 saturated heterocycles. The Balaban J connectivity index is 2.10. The van der Waals surface area contributed by atoms with Crippen LogP contribution in [0.3, 0.4) is 0 Å². The van der Waals surface area contributed by atoms with Gasteiger partial charge in [-0.25, -0.2) is 0 Å². The van der Waals surface area contributed by atoms with Crippen LogP contribution >= 0.6 is 12.6 Å². The maximum absolute atomic E-state index is 5.80. The number of hydrogen-bond acceptors (Lipinski definition) is 3. The molecule has 2 N–H and O–H groups in total. The highest BCUT2D eigenvalue weighted by Crippen LogP contribution is 2.34. The first-order valence-electron chi connectivity index (χ1n) is 4.80. The van der Waals surface area contributed by atoms with Crippen molar-refractivity contribution < 1.29 is 0 Å². The maximum Gasteiger partial charge on any atom is 0.0536 e. The fourth-order valence-corrected chi connectivity index (χ4v) is 2.14. The summed E-state index contributed by atoms with van der Waals surface area (Å²) in [7, 11) is 0. The summed E-state index contributed by atoms with van der Waals surface area (Å²) in [6.07, 6.45) is 6.98. The van der Waals surface area contributed by atoms with Gasteiger partial charge in [0.2, 0.25) is 0 Å². The predicted molar refractivity (Wildman–Crippen MR) is 61.2 cm³/mol. The van der Waals surface area contributed by atoms with Crippen LogP contribution in [-0.2, 0) is 0 Å². The Bertz CT molecular complexity index is 323. The van der Waals surface area contributed by atoms with Gasteiger partial charge in [-0.1, -0.05) is 18.2 Å². The van der Waals surface area contributed by atoms with Gasteiger partial charge < -0.3 is 5.73 Å². The fourth-order valence-electron chi connectivity index (χ4n) is 1.76. The van der Waals surface area contributed by atoms with E-state index < -0.39 is 0 Å². The van der Waals surface area contributed by atoms with E-state index in [1.807, 2.05) is 18.2 Å². The average Bonchev–Trinajstić information content (AvgIpc) is 2.65. The lowest BCUT2D eigenvalue weighted by atomic mass is 10.0. The zero-order valence-corrected chi connectivity index (χ0v) is 8.77. The van der Waals surface area contributed by atoms with Crippen LogP contribution in [0.25, 0.3) is 0 Å². The minimum Gasteiger partial charge on any atom is -0.324 e. The van der Waals surface area contributed by atoms with Gasteiger partial charge in [0, 0.05) is 12.2 Å². The van der Waals surface area contributed by atoms with Crippen molar-refractivity contribution in [3.8, 4) is 0 Å². The van der Waals surface area contributed by atoms with E-state index in [-0.39, 0.29) is 11.3 Å². The third kappa shape index (κ3) is 1.99. The highest BCUT2D eigenvalue weighted by Gasteiger charge is 2.23. The largest absolute Gasteiger partial charge is 0.324 e. The van der Waals surface area contributed by atoms with Crippen LogP contribution in [0.4, 0.5) is 0 Å². The number of nitrogens with zero attached hydrogens (tertiary/aromatic N) is 1. The number of hydrogen-bond donors (Lipinski definition) is 2. The molecule has 0 aliphatic heterocycles. The van der Waals surface area contributed by atoms with Gasteiger partial charge in [-0.3, -0.25) is 4.98 Å². The smallest absolute Gasteiger partial charge is 0.0536 e. The molecule has 1 aromatic heterocycles. The number of allylic oxidation sites excluding steroid dienone is 1. The number of thiol groups is 1. The molecule has 0 bridgehead atoms. The molecule has 0 amide bonds. The maximum atomic E-state index is 5.80. The van der Waals surface area contributed by atoms with Gasteiger partial charge in [-0.2, -0.15) is 12.6 Å². The molecular formula is C11H14N2S. The molecule has 2 rings (SSSR count). The lowest BCUT2D eigenvalue weighted by molar-refractivity contribution is 0.574. The quantitative estimate of drug-likeness (QED) is 0.573. The van der Waals surface area contributed by atoms with E-state index in [1.165, 1.54) is 0 Å². The summed E-state index contributed by atoms with van der Waals surface area (Å²) in [6, 6.07) is 6.11. The second-order valence-corrected chi connectivity index (χ2v) is 4.20. The van der Waals surface area contributed by atoms with E-state index in [0.29, 0.717) is 5.92 Å². The molecule has 0 spiro atoms. The molecule has 74 valence electrons. The van der Waals surface area contributed by atoms with Crippen molar-refractivity contribution in [1.29, 1.82) is 0 Å². The van der Waals surface area contributed by atoms with Crippen LogP contribution in [0.1, 0.15) is 17.4 Å². The summed E-state index contributed by atoms with van der Waals surface area (Å²) in [4.78, 5) is 4.30. The molecule has 0 fully saturated rings. The van der Waals surface area contributed by atoms with E-state index in [4.69, 9.17) is 5.73 Å². The first kappa shape index (κ1) is 9.74. The van der Waals surface area contributed by atoms with Crippen LogP contribution < -0.4 is 5.73 Å². The highest BCUT2D eigenvalue weighted by molar-refractivity contribution is 7.80. The van der Waals surface area contributed by atoms with Crippen molar-refractivity contribution in [1.82, 2.24) is 4.98 Å². The predicted octanol–water partition coefficient (Wildman–Crippen LogP) is 1.96. The summed E-state index contributed by atoms with van der Waals surface area (Å²) in [5.74, 6) is 0.420. The van der Waals surface area contributed by atoms with Gasteiger partial charge >= 0.3 is 0 Å². The average molecular weight is 206 g/mol. The van der Waals surface area contributed by atoms with Gasteiger partial charge in [0.25, 0.3) is 0 Å². The lowest BCUT2D eigenvalue weighted by Crippen LogP contribution is -2.16. The third-order valence-electron chi connectivity index (χ3n) is 2.55. The SMILES string of the molecule is N[C@@H]1C=C[C@H](C(S)c2ccccn2)C1. The number of aromatic nitrogens is 1. The topological polar surface area (TPSA) is 38.9 Å². The van der Waals surface area contributed by atoms with E-state index >= 15 is 0 Å². The van der Waals surface area contributed by atoms with Crippen molar-refractivity contribution in [3.63, 3.8) is 0 Å². The lowest BCUT2D eigenvalue weighted by Gasteiger charge is -2.16. The molecule has 1 aliphatic rings. The Labute approximate surface area is 89.6 Å². The van der Waals surface area contributed by atoms with Crippen molar-refractivity contribution in [2.75, 3.05) is 0 Å². The minimum absolute atomic E-state index is 0.168. The molecule has 0 saturated carbocycles. The summed E-state index contributed by atoms with van der Waals surface area (Å²) >= 11 is 4.59. The van der Waals surface area contributed by atoms with Crippen LogP contribution in [0, 0.1) is 5.92 Å². The Morgan fingerprint density at radius 1 is 1.43 bits per heavy atom. The Morgan fingerprint density at radius 3 is 2.86 bits per heavy atom. The normalized spacial score (nSPS) is 27.9. The zero-order chi connectivity index (χ0) is 9.97. The van der Waals surface area contributed by atoms with Gasteiger partial charge in [0.15, 0.2) is 0 Å². The third-order valence-corrected chi connectivity index (χ3v) is 3.19. The van der Waals surface area contributed by atoms with Crippen molar-refractivity contribution in [3.05, 3.63) is 42.2 Å². The van der Waals surface area contributed by atoms with E-state index in [0.717, 1.165) is 12.1 Å². The minimum atomic E-state index is 0.168. The molecule has 1 aromatic rings. The van der Waals surface area contributed by atoms with E-state index in [1.54, 1.807) is 6.20 Å².